The number of aliphatic hydroxyl groups excluding tert-OH is 1. The third-order valence-electron chi connectivity index (χ3n) is 5.17. The van der Waals surface area contributed by atoms with Crippen molar-refractivity contribution in [2.24, 2.45) is 0 Å². The molecule has 0 saturated carbocycles. The highest BCUT2D eigenvalue weighted by molar-refractivity contribution is 5.53. The van der Waals surface area contributed by atoms with Gasteiger partial charge in [0.1, 0.15) is 0 Å². The van der Waals surface area contributed by atoms with Crippen LogP contribution in [0.3, 0.4) is 0 Å². The molecule has 24 heavy (non-hydrogen) atoms. The lowest BCUT2D eigenvalue weighted by atomic mass is 9.86. The summed E-state index contributed by atoms with van der Waals surface area (Å²) in [5.41, 5.74) is 1.81. The molecule has 5 nitrogen and oxygen atoms in total. The highest BCUT2D eigenvalue weighted by Gasteiger charge is 2.45. The third-order valence-corrected chi connectivity index (χ3v) is 5.17. The molecule has 0 amide bonds. The number of benzene rings is 1. The summed E-state index contributed by atoms with van der Waals surface area (Å²) in [7, 11) is 0. The molecular formula is C19H23N3O2. The van der Waals surface area contributed by atoms with Crippen LogP contribution in [0.15, 0.2) is 42.7 Å². The molecule has 4 rings (SSSR count). The van der Waals surface area contributed by atoms with Gasteiger partial charge in [0, 0.05) is 49.8 Å². The second-order valence-corrected chi connectivity index (χ2v) is 6.80. The zero-order chi connectivity index (χ0) is 16.4. The van der Waals surface area contributed by atoms with E-state index in [1.807, 2.05) is 42.7 Å². The predicted molar refractivity (Wildman–Crippen MR) is 91.3 cm³/mol. The first-order valence-corrected chi connectivity index (χ1v) is 8.66. The summed E-state index contributed by atoms with van der Waals surface area (Å²) in [6, 6.07) is 9.99. The van der Waals surface area contributed by atoms with Gasteiger partial charge in [-0.1, -0.05) is 30.3 Å². The van der Waals surface area contributed by atoms with E-state index in [2.05, 4.69) is 14.9 Å². The fraction of sp³-hybridized carbons (Fsp3) is 0.474. The Hall–Kier alpha value is -1.82. The van der Waals surface area contributed by atoms with E-state index in [4.69, 9.17) is 4.74 Å². The van der Waals surface area contributed by atoms with Gasteiger partial charge in [-0.3, -0.25) is 4.90 Å². The Labute approximate surface area is 142 Å². The smallest absolute Gasteiger partial charge is 0.159 e. The van der Waals surface area contributed by atoms with E-state index in [-0.39, 0.29) is 5.60 Å². The van der Waals surface area contributed by atoms with Gasteiger partial charge < -0.3 is 9.84 Å². The van der Waals surface area contributed by atoms with Crippen LogP contribution in [0.2, 0.25) is 0 Å². The first kappa shape index (κ1) is 15.7. The maximum atomic E-state index is 10.5. The van der Waals surface area contributed by atoms with Crippen LogP contribution in [-0.4, -0.2) is 51.4 Å². The fourth-order valence-electron chi connectivity index (χ4n) is 3.77. The van der Waals surface area contributed by atoms with E-state index < -0.39 is 6.10 Å². The number of piperidine rings is 1. The zero-order valence-corrected chi connectivity index (χ0v) is 13.8. The van der Waals surface area contributed by atoms with Crippen molar-refractivity contribution in [3.8, 4) is 11.4 Å². The summed E-state index contributed by atoms with van der Waals surface area (Å²) in [6.45, 7) is 3.14. The fourth-order valence-corrected chi connectivity index (χ4v) is 3.77. The SMILES string of the molecule is O[C@H]1CN(Cc2cnc(-c3ccccc3)nc2)CC[C@@]12CCCO2. The summed E-state index contributed by atoms with van der Waals surface area (Å²) in [5.74, 6) is 0.747. The number of likely N-dealkylation sites (tertiary alicyclic amines) is 1. The van der Waals surface area contributed by atoms with Crippen molar-refractivity contribution in [3.63, 3.8) is 0 Å². The summed E-state index contributed by atoms with van der Waals surface area (Å²) >= 11 is 0. The summed E-state index contributed by atoms with van der Waals surface area (Å²) in [4.78, 5) is 11.2. The van der Waals surface area contributed by atoms with Crippen molar-refractivity contribution in [1.29, 1.82) is 0 Å². The molecule has 1 spiro atoms. The molecule has 1 aromatic carbocycles. The van der Waals surface area contributed by atoms with Crippen LogP contribution >= 0.6 is 0 Å². The van der Waals surface area contributed by atoms with Crippen LogP contribution < -0.4 is 0 Å². The normalized spacial score (nSPS) is 27.6. The van der Waals surface area contributed by atoms with Gasteiger partial charge in [-0.25, -0.2) is 9.97 Å². The second-order valence-electron chi connectivity index (χ2n) is 6.80. The lowest BCUT2D eigenvalue weighted by Gasteiger charge is -2.42. The highest BCUT2D eigenvalue weighted by Crippen LogP contribution is 2.36. The number of aliphatic hydroxyl groups is 1. The molecule has 1 aromatic heterocycles. The Balaban J connectivity index is 1.39. The Morgan fingerprint density at radius 2 is 1.96 bits per heavy atom. The van der Waals surface area contributed by atoms with Gasteiger partial charge in [-0.2, -0.15) is 0 Å². The Morgan fingerprint density at radius 1 is 1.17 bits per heavy atom. The van der Waals surface area contributed by atoms with E-state index in [0.29, 0.717) is 6.54 Å². The molecular weight excluding hydrogens is 302 g/mol. The van der Waals surface area contributed by atoms with Crippen LogP contribution in [0.5, 0.6) is 0 Å². The standard InChI is InChI=1S/C19H23N3O2/c23-17-14-22(9-8-19(17)7-4-10-24-19)13-15-11-20-18(21-12-15)16-5-2-1-3-6-16/h1-3,5-6,11-12,17,23H,4,7-10,13-14H2/t17-,19-/m0/s1. The van der Waals surface area contributed by atoms with Crippen LogP contribution in [0, 0.1) is 0 Å². The van der Waals surface area contributed by atoms with Gasteiger partial charge >= 0.3 is 0 Å². The van der Waals surface area contributed by atoms with Gasteiger partial charge in [0.05, 0.1) is 11.7 Å². The molecule has 2 aliphatic heterocycles. The molecule has 2 fully saturated rings. The third kappa shape index (κ3) is 3.07. The zero-order valence-electron chi connectivity index (χ0n) is 13.8. The molecule has 2 atom stereocenters. The van der Waals surface area contributed by atoms with E-state index >= 15 is 0 Å². The minimum atomic E-state index is -0.404. The molecule has 126 valence electrons. The molecule has 0 bridgehead atoms. The number of nitrogens with zero attached hydrogens (tertiary/aromatic N) is 3. The van der Waals surface area contributed by atoms with Gasteiger partial charge in [-0.15, -0.1) is 0 Å². The van der Waals surface area contributed by atoms with Gasteiger partial charge in [0.15, 0.2) is 5.82 Å². The largest absolute Gasteiger partial charge is 0.389 e. The maximum absolute atomic E-state index is 10.5. The number of ether oxygens (including phenoxy) is 1. The first-order chi connectivity index (χ1) is 11.8. The average molecular weight is 325 g/mol. The predicted octanol–water partition coefficient (Wildman–Crippen LogP) is 2.26. The molecule has 0 unspecified atom stereocenters. The molecule has 0 aliphatic carbocycles. The van der Waals surface area contributed by atoms with E-state index in [0.717, 1.165) is 55.9 Å². The van der Waals surface area contributed by atoms with Gasteiger partial charge in [0.25, 0.3) is 0 Å². The van der Waals surface area contributed by atoms with Crippen LogP contribution in [0.25, 0.3) is 11.4 Å². The molecule has 0 radical (unpaired) electrons. The van der Waals surface area contributed by atoms with Crippen molar-refractivity contribution in [1.82, 2.24) is 14.9 Å². The summed E-state index contributed by atoms with van der Waals surface area (Å²) in [5, 5.41) is 10.5. The quantitative estimate of drug-likeness (QED) is 0.938. The molecule has 2 aliphatic rings. The van der Waals surface area contributed by atoms with Crippen molar-refractivity contribution < 1.29 is 9.84 Å². The van der Waals surface area contributed by atoms with Crippen LogP contribution in [0.4, 0.5) is 0 Å². The van der Waals surface area contributed by atoms with Crippen molar-refractivity contribution in [3.05, 3.63) is 48.3 Å². The number of hydrogen-bond acceptors (Lipinski definition) is 5. The average Bonchev–Trinajstić information content (AvgIpc) is 3.10. The van der Waals surface area contributed by atoms with E-state index in [1.54, 1.807) is 0 Å². The van der Waals surface area contributed by atoms with Gasteiger partial charge in [0.2, 0.25) is 0 Å². The van der Waals surface area contributed by atoms with Crippen molar-refractivity contribution >= 4 is 0 Å². The van der Waals surface area contributed by atoms with Crippen LogP contribution in [-0.2, 0) is 11.3 Å². The molecule has 2 saturated heterocycles. The lowest BCUT2D eigenvalue weighted by molar-refractivity contribution is -0.130. The number of aromatic nitrogens is 2. The summed E-state index contributed by atoms with van der Waals surface area (Å²) in [6.07, 6.45) is 6.31. The van der Waals surface area contributed by atoms with E-state index in [9.17, 15) is 5.11 Å². The number of hydrogen-bond donors (Lipinski definition) is 1. The Morgan fingerprint density at radius 3 is 2.62 bits per heavy atom. The molecule has 1 N–H and O–H groups in total. The molecule has 5 heteroatoms. The second kappa shape index (κ2) is 6.59. The minimum Gasteiger partial charge on any atom is -0.389 e. The number of rotatable bonds is 3. The number of β-amino-alcohol motifs (C(OH)–C–C–N with tert-alkyl or cyclic N) is 1. The molecule has 3 heterocycles. The topological polar surface area (TPSA) is 58.5 Å². The van der Waals surface area contributed by atoms with Gasteiger partial charge in [-0.05, 0) is 19.3 Å². The Kier molecular flexibility index (Phi) is 4.31. The minimum absolute atomic E-state index is 0.288. The van der Waals surface area contributed by atoms with Crippen LogP contribution in [0.1, 0.15) is 24.8 Å². The monoisotopic (exact) mass is 325 g/mol. The Bertz CT molecular complexity index is 669. The van der Waals surface area contributed by atoms with E-state index in [1.165, 1.54) is 0 Å². The van der Waals surface area contributed by atoms with Crippen molar-refractivity contribution in [2.75, 3.05) is 19.7 Å². The maximum Gasteiger partial charge on any atom is 0.159 e. The lowest BCUT2D eigenvalue weighted by Crippen LogP contribution is -2.54. The van der Waals surface area contributed by atoms with Crippen molar-refractivity contribution in [2.45, 2.75) is 37.5 Å². The summed E-state index contributed by atoms with van der Waals surface area (Å²) < 4.78 is 5.86. The molecule has 2 aromatic rings. The highest BCUT2D eigenvalue weighted by atomic mass is 16.5. The first-order valence-electron chi connectivity index (χ1n) is 8.66.